The standard InChI is InChI=1S/C9H5F3O5/c10-9(11,12)5-2-3(13)1-4(7(14)15)6(5)8(16)17/h1-2,13H,(H,14,15)(H,16,17). The molecular weight excluding hydrogens is 245 g/mol. The van der Waals surface area contributed by atoms with Gasteiger partial charge < -0.3 is 15.3 Å². The molecule has 0 radical (unpaired) electrons. The van der Waals surface area contributed by atoms with Gasteiger partial charge in [-0.1, -0.05) is 0 Å². The van der Waals surface area contributed by atoms with Crippen molar-refractivity contribution in [2.75, 3.05) is 0 Å². The van der Waals surface area contributed by atoms with Crippen LogP contribution in [0.1, 0.15) is 26.3 Å². The summed E-state index contributed by atoms with van der Waals surface area (Å²) in [5.74, 6) is -4.88. The predicted octanol–water partition coefficient (Wildman–Crippen LogP) is 1.81. The molecule has 0 aromatic heterocycles. The lowest BCUT2D eigenvalue weighted by Gasteiger charge is -2.12. The predicted molar refractivity (Wildman–Crippen MR) is 47.0 cm³/mol. The average Bonchev–Trinajstić information content (AvgIpc) is 2.14. The van der Waals surface area contributed by atoms with E-state index < -0.39 is 40.6 Å². The number of alkyl halides is 3. The molecule has 5 nitrogen and oxygen atoms in total. The minimum Gasteiger partial charge on any atom is -0.508 e. The maximum atomic E-state index is 12.5. The molecule has 0 amide bonds. The lowest BCUT2D eigenvalue weighted by atomic mass is 10.00. The zero-order chi connectivity index (χ0) is 13.4. The average molecular weight is 250 g/mol. The van der Waals surface area contributed by atoms with Crippen LogP contribution in [0.3, 0.4) is 0 Å². The Morgan fingerprint density at radius 3 is 1.94 bits per heavy atom. The lowest BCUT2D eigenvalue weighted by Crippen LogP contribution is -2.17. The molecule has 1 aromatic rings. The monoisotopic (exact) mass is 250 g/mol. The number of hydrogen-bond acceptors (Lipinski definition) is 3. The van der Waals surface area contributed by atoms with Crippen molar-refractivity contribution < 1.29 is 38.1 Å². The van der Waals surface area contributed by atoms with E-state index in [0.29, 0.717) is 6.07 Å². The number of benzene rings is 1. The summed E-state index contributed by atoms with van der Waals surface area (Å²) < 4.78 is 37.4. The van der Waals surface area contributed by atoms with E-state index in [1.807, 2.05) is 0 Å². The van der Waals surface area contributed by atoms with Crippen molar-refractivity contribution in [3.8, 4) is 5.75 Å². The molecule has 1 rings (SSSR count). The highest BCUT2D eigenvalue weighted by Crippen LogP contribution is 2.36. The van der Waals surface area contributed by atoms with Gasteiger partial charge in [0.05, 0.1) is 16.7 Å². The largest absolute Gasteiger partial charge is 0.508 e. The van der Waals surface area contributed by atoms with Crippen molar-refractivity contribution in [1.29, 1.82) is 0 Å². The third-order valence-corrected chi connectivity index (χ3v) is 1.87. The molecule has 0 fully saturated rings. The van der Waals surface area contributed by atoms with Crippen molar-refractivity contribution in [2.45, 2.75) is 6.18 Å². The first-order valence-electron chi connectivity index (χ1n) is 4.05. The van der Waals surface area contributed by atoms with E-state index in [4.69, 9.17) is 15.3 Å². The molecule has 0 bridgehead atoms. The van der Waals surface area contributed by atoms with Crippen LogP contribution in [0, 0.1) is 0 Å². The SMILES string of the molecule is O=C(O)c1cc(O)cc(C(F)(F)F)c1C(=O)O. The summed E-state index contributed by atoms with van der Waals surface area (Å²) in [5.41, 5.74) is -4.23. The molecule has 0 spiro atoms. The van der Waals surface area contributed by atoms with Crippen LogP contribution in [-0.4, -0.2) is 27.3 Å². The Bertz CT molecular complexity index is 492. The topological polar surface area (TPSA) is 94.8 Å². The van der Waals surface area contributed by atoms with Crippen LogP contribution in [-0.2, 0) is 6.18 Å². The number of rotatable bonds is 2. The van der Waals surface area contributed by atoms with Gasteiger partial charge in [0.25, 0.3) is 0 Å². The van der Waals surface area contributed by atoms with Crippen molar-refractivity contribution >= 4 is 11.9 Å². The highest BCUT2D eigenvalue weighted by Gasteiger charge is 2.38. The van der Waals surface area contributed by atoms with Crippen molar-refractivity contribution in [2.24, 2.45) is 0 Å². The fraction of sp³-hybridized carbons (Fsp3) is 0.111. The maximum absolute atomic E-state index is 12.5. The van der Waals surface area contributed by atoms with Crippen LogP contribution >= 0.6 is 0 Å². The third kappa shape index (κ3) is 2.47. The molecule has 8 heteroatoms. The first kappa shape index (κ1) is 12.8. The van der Waals surface area contributed by atoms with E-state index in [-0.39, 0.29) is 6.07 Å². The molecule has 17 heavy (non-hydrogen) atoms. The molecule has 0 atom stereocenters. The summed E-state index contributed by atoms with van der Waals surface area (Å²) in [6.45, 7) is 0. The van der Waals surface area contributed by atoms with Gasteiger partial charge in [0.1, 0.15) is 5.75 Å². The molecule has 92 valence electrons. The van der Waals surface area contributed by atoms with Gasteiger partial charge in [0, 0.05) is 0 Å². The molecule has 0 aliphatic heterocycles. The first-order valence-corrected chi connectivity index (χ1v) is 4.05. The number of phenolic OH excluding ortho intramolecular Hbond substituents is 1. The van der Waals surface area contributed by atoms with Gasteiger partial charge in [-0.05, 0) is 12.1 Å². The molecule has 0 unspecified atom stereocenters. The number of phenols is 1. The smallest absolute Gasteiger partial charge is 0.417 e. The van der Waals surface area contributed by atoms with Crippen LogP contribution in [0.15, 0.2) is 12.1 Å². The second-order valence-electron chi connectivity index (χ2n) is 3.02. The summed E-state index contributed by atoms with van der Waals surface area (Å²) >= 11 is 0. The van der Waals surface area contributed by atoms with E-state index in [1.54, 1.807) is 0 Å². The molecule has 1 aromatic carbocycles. The maximum Gasteiger partial charge on any atom is 0.417 e. The van der Waals surface area contributed by atoms with Crippen molar-refractivity contribution in [1.82, 2.24) is 0 Å². The quantitative estimate of drug-likeness (QED) is 0.743. The summed E-state index contributed by atoms with van der Waals surface area (Å²) in [7, 11) is 0. The lowest BCUT2D eigenvalue weighted by molar-refractivity contribution is -0.138. The fourth-order valence-electron chi connectivity index (χ4n) is 1.25. The Morgan fingerprint density at radius 1 is 1.06 bits per heavy atom. The third-order valence-electron chi connectivity index (χ3n) is 1.87. The van der Waals surface area contributed by atoms with Crippen LogP contribution in [0.5, 0.6) is 5.75 Å². The Morgan fingerprint density at radius 2 is 1.59 bits per heavy atom. The zero-order valence-electron chi connectivity index (χ0n) is 7.95. The highest BCUT2D eigenvalue weighted by atomic mass is 19.4. The molecule has 0 saturated carbocycles. The Hall–Kier alpha value is -2.25. The van der Waals surface area contributed by atoms with Gasteiger partial charge in [-0.3, -0.25) is 0 Å². The molecule has 0 saturated heterocycles. The van der Waals surface area contributed by atoms with Crippen LogP contribution in [0.4, 0.5) is 13.2 Å². The van der Waals surface area contributed by atoms with Gasteiger partial charge in [-0.2, -0.15) is 13.2 Å². The minimum atomic E-state index is -5.07. The molecule has 0 heterocycles. The van der Waals surface area contributed by atoms with Gasteiger partial charge >= 0.3 is 18.1 Å². The number of aromatic carboxylic acids is 2. The number of hydrogen-bond donors (Lipinski definition) is 3. The summed E-state index contributed by atoms with van der Waals surface area (Å²) in [6.07, 6.45) is -5.07. The second-order valence-corrected chi connectivity index (χ2v) is 3.02. The minimum absolute atomic E-state index is 0.163. The van der Waals surface area contributed by atoms with E-state index in [0.717, 1.165) is 0 Å². The zero-order valence-corrected chi connectivity index (χ0v) is 7.95. The van der Waals surface area contributed by atoms with Crippen molar-refractivity contribution in [3.63, 3.8) is 0 Å². The Labute approximate surface area is 91.7 Å². The number of carboxylic acids is 2. The van der Waals surface area contributed by atoms with Crippen LogP contribution < -0.4 is 0 Å². The normalized spacial score (nSPS) is 11.2. The molecule has 0 aliphatic carbocycles. The van der Waals surface area contributed by atoms with E-state index in [9.17, 15) is 22.8 Å². The van der Waals surface area contributed by atoms with Crippen LogP contribution in [0.2, 0.25) is 0 Å². The van der Waals surface area contributed by atoms with Gasteiger partial charge in [0.2, 0.25) is 0 Å². The summed E-state index contributed by atoms with van der Waals surface area (Å²) in [4.78, 5) is 21.3. The Kier molecular flexibility index (Phi) is 2.99. The van der Waals surface area contributed by atoms with E-state index in [1.165, 1.54) is 0 Å². The van der Waals surface area contributed by atoms with E-state index >= 15 is 0 Å². The molecule has 0 aliphatic rings. The molecule has 3 N–H and O–H groups in total. The van der Waals surface area contributed by atoms with Gasteiger partial charge in [-0.25, -0.2) is 9.59 Å². The summed E-state index contributed by atoms with van der Waals surface area (Å²) in [6, 6.07) is 0.608. The number of halogens is 3. The first-order chi connectivity index (χ1) is 7.64. The molecular formula is C9H5F3O5. The Balaban J connectivity index is 3.70. The van der Waals surface area contributed by atoms with E-state index in [2.05, 4.69) is 0 Å². The number of aromatic hydroxyl groups is 1. The highest BCUT2D eigenvalue weighted by molar-refractivity contribution is 6.03. The summed E-state index contributed by atoms with van der Waals surface area (Å²) in [5, 5.41) is 26.1. The van der Waals surface area contributed by atoms with Crippen LogP contribution in [0.25, 0.3) is 0 Å². The number of carbonyl (C=O) groups is 2. The van der Waals surface area contributed by atoms with Crippen molar-refractivity contribution in [3.05, 3.63) is 28.8 Å². The second kappa shape index (κ2) is 3.96. The van der Waals surface area contributed by atoms with Gasteiger partial charge in [0.15, 0.2) is 0 Å². The fourth-order valence-corrected chi connectivity index (χ4v) is 1.25. The number of carboxylic acid groups (broad SMARTS) is 2. The van der Waals surface area contributed by atoms with Gasteiger partial charge in [-0.15, -0.1) is 0 Å².